The van der Waals surface area contributed by atoms with Crippen molar-refractivity contribution in [3.63, 3.8) is 0 Å². The Morgan fingerprint density at radius 1 is 1.25 bits per heavy atom. The van der Waals surface area contributed by atoms with E-state index in [-0.39, 0.29) is 6.04 Å². The lowest BCUT2D eigenvalue weighted by Crippen LogP contribution is -2.17. The second-order valence-electron chi connectivity index (χ2n) is 3.73. The molecule has 80 valence electrons. The molecule has 0 saturated heterocycles. The van der Waals surface area contributed by atoms with Crippen LogP contribution in [0.5, 0.6) is 0 Å². The molecule has 0 heterocycles. The molecule has 4 heteroatoms. The number of hydrogen-bond donors (Lipinski definition) is 0. The van der Waals surface area contributed by atoms with Gasteiger partial charge in [-0.15, -0.1) is 0 Å². The molecule has 0 aliphatic heterocycles. The predicted octanol–water partition coefficient (Wildman–Crippen LogP) is 1.85. The minimum atomic E-state index is 0.0143. The Morgan fingerprint density at radius 2 is 2.12 bits per heavy atom. The van der Waals surface area contributed by atoms with Gasteiger partial charge in [0.15, 0.2) is 0 Å². The minimum Gasteiger partial charge on any atom is -0.211 e. The van der Waals surface area contributed by atoms with Gasteiger partial charge in [0.05, 0.1) is 11.7 Å². The second-order valence-corrected chi connectivity index (χ2v) is 3.73. The first-order chi connectivity index (χ1) is 7.85. The van der Waals surface area contributed by atoms with Crippen LogP contribution >= 0.6 is 0 Å². The molecule has 1 aromatic rings. The SMILES string of the molecule is O=C=Nc1cccc2c1CCC(N=C=O)C2. The van der Waals surface area contributed by atoms with Gasteiger partial charge in [-0.3, -0.25) is 0 Å². The van der Waals surface area contributed by atoms with Crippen molar-refractivity contribution in [3.05, 3.63) is 29.3 Å². The van der Waals surface area contributed by atoms with E-state index in [1.54, 1.807) is 18.2 Å². The van der Waals surface area contributed by atoms with E-state index in [0.717, 1.165) is 24.0 Å². The largest absolute Gasteiger partial charge is 0.240 e. The molecular formula is C12H10N2O2. The molecule has 1 atom stereocenters. The third-order valence-corrected chi connectivity index (χ3v) is 2.83. The number of benzene rings is 1. The average molecular weight is 214 g/mol. The van der Waals surface area contributed by atoms with Gasteiger partial charge in [-0.05, 0) is 36.5 Å². The molecule has 4 nitrogen and oxygen atoms in total. The third kappa shape index (κ3) is 1.98. The summed E-state index contributed by atoms with van der Waals surface area (Å²) in [4.78, 5) is 27.9. The maximum absolute atomic E-state index is 10.3. The van der Waals surface area contributed by atoms with Gasteiger partial charge in [0.1, 0.15) is 0 Å². The smallest absolute Gasteiger partial charge is 0.211 e. The van der Waals surface area contributed by atoms with Crippen LogP contribution in [-0.4, -0.2) is 18.2 Å². The van der Waals surface area contributed by atoms with Crippen molar-refractivity contribution >= 4 is 17.8 Å². The first-order valence-corrected chi connectivity index (χ1v) is 5.10. The van der Waals surface area contributed by atoms with Crippen molar-refractivity contribution in [2.75, 3.05) is 0 Å². The topological polar surface area (TPSA) is 58.9 Å². The molecule has 0 spiro atoms. The van der Waals surface area contributed by atoms with E-state index in [2.05, 4.69) is 9.98 Å². The molecule has 0 N–H and O–H groups in total. The highest BCUT2D eigenvalue weighted by molar-refractivity contribution is 5.57. The summed E-state index contributed by atoms with van der Waals surface area (Å²) in [6.07, 6.45) is 5.46. The lowest BCUT2D eigenvalue weighted by molar-refractivity contribution is 0.539. The van der Waals surface area contributed by atoms with E-state index in [1.165, 1.54) is 0 Å². The third-order valence-electron chi connectivity index (χ3n) is 2.83. The van der Waals surface area contributed by atoms with Gasteiger partial charge in [-0.1, -0.05) is 12.1 Å². The lowest BCUT2D eigenvalue weighted by atomic mass is 9.87. The van der Waals surface area contributed by atoms with Crippen molar-refractivity contribution in [1.82, 2.24) is 0 Å². The van der Waals surface area contributed by atoms with Crippen LogP contribution in [0.15, 0.2) is 28.2 Å². The summed E-state index contributed by atoms with van der Waals surface area (Å²) in [5.74, 6) is 0. The molecule has 2 rings (SSSR count). The van der Waals surface area contributed by atoms with E-state index >= 15 is 0 Å². The van der Waals surface area contributed by atoms with Crippen LogP contribution in [0.2, 0.25) is 0 Å². The van der Waals surface area contributed by atoms with E-state index in [4.69, 9.17) is 0 Å². The van der Waals surface area contributed by atoms with Gasteiger partial charge in [0.25, 0.3) is 0 Å². The minimum absolute atomic E-state index is 0.0143. The Hall–Kier alpha value is -2.02. The molecule has 0 bridgehead atoms. The highest BCUT2D eigenvalue weighted by atomic mass is 16.1. The van der Waals surface area contributed by atoms with Gasteiger partial charge >= 0.3 is 0 Å². The molecule has 0 radical (unpaired) electrons. The Labute approximate surface area is 92.7 Å². The number of hydrogen-bond acceptors (Lipinski definition) is 4. The molecule has 16 heavy (non-hydrogen) atoms. The van der Waals surface area contributed by atoms with Gasteiger partial charge in [-0.25, -0.2) is 14.6 Å². The van der Waals surface area contributed by atoms with Crippen molar-refractivity contribution in [3.8, 4) is 0 Å². The second kappa shape index (κ2) is 4.67. The van der Waals surface area contributed by atoms with Crippen LogP contribution in [0.4, 0.5) is 5.69 Å². The Bertz CT molecular complexity index is 498. The van der Waals surface area contributed by atoms with Crippen molar-refractivity contribution in [2.24, 2.45) is 9.98 Å². The molecule has 1 aromatic carbocycles. The predicted molar refractivity (Wildman–Crippen MR) is 58.2 cm³/mol. The van der Waals surface area contributed by atoms with Gasteiger partial charge in [-0.2, -0.15) is 4.99 Å². The van der Waals surface area contributed by atoms with Crippen LogP contribution in [-0.2, 0) is 22.4 Å². The van der Waals surface area contributed by atoms with Gasteiger partial charge in [0.2, 0.25) is 12.2 Å². The van der Waals surface area contributed by atoms with Crippen molar-refractivity contribution < 1.29 is 9.59 Å². The summed E-state index contributed by atoms with van der Waals surface area (Å²) < 4.78 is 0. The quantitative estimate of drug-likeness (QED) is 0.557. The highest BCUT2D eigenvalue weighted by Crippen LogP contribution is 2.30. The molecule has 0 aromatic heterocycles. The Balaban J connectivity index is 2.37. The highest BCUT2D eigenvalue weighted by Gasteiger charge is 2.19. The molecule has 1 aliphatic carbocycles. The summed E-state index contributed by atoms with van der Waals surface area (Å²) in [7, 11) is 0. The number of aliphatic imine (C=N–C) groups is 2. The molecule has 0 saturated carbocycles. The summed E-state index contributed by atoms with van der Waals surface area (Å²) in [5, 5.41) is 0. The first kappa shape index (κ1) is 10.5. The zero-order valence-corrected chi connectivity index (χ0v) is 8.64. The van der Waals surface area contributed by atoms with Crippen LogP contribution in [0.1, 0.15) is 17.5 Å². The summed E-state index contributed by atoms with van der Waals surface area (Å²) in [6.45, 7) is 0. The summed E-state index contributed by atoms with van der Waals surface area (Å²) >= 11 is 0. The first-order valence-electron chi connectivity index (χ1n) is 5.10. The van der Waals surface area contributed by atoms with Crippen LogP contribution in [0.3, 0.4) is 0 Å². The number of fused-ring (bicyclic) bond motifs is 1. The fourth-order valence-corrected chi connectivity index (χ4v) is 2.11. The summed E-state index contributed by atoms with van der Waals surface area (Å²) in [6, 6.07) is 5.64. The monoisotopic (exact) mass is 214 g/mol. The maximum Gasteiger partial charge on any atom is 0.240 e. The van der Waals surface area contributed by atoms with Crippen LogP contribution in [0.25, 0.3) is 0 Å². The van der Waals surface area contributed by atoms with Crippen LogP contribution < -0.4 is 0 Å². The molecular weight excluding hydrogens is 204 g/mol. The number of carbonyl (C=O) groups excluding carboxylic acids is 2. The average Bonchev–Trinajstić information content (AvgIpc) is 2.30. The lowest BCUT2D eigenvalue weighted by Gasteiger charge is -2.21. The Morgan fingerprint density at radius 3 is 2.88 bits per heavy atom. The van der Waals surface area contributed by atoms with Crippen molar-refractivity contribution in [2.45, 2.75) is 25.3 Å². The molecule has 1 aliphatic rings. The molecule has 0 amide bonds. The zero-order valence-electron chi connectivity index (χ0n) is 8.64. The van der Waals surface area contributed by atoms with E-state index in [1.807, 2.05) is 12.1 Å². The number of isocyanates is 2. The van der Waals surface area contributed by atoms with E-state index in [0.29, 0.717) is 12.1 Å². The normalized spacial score (nSPS) is 17.9. The number of nitrogens with zero attached hydrogens (tertiary/aromatic N) is 2. The zero-order chi connectivity index (χ0) is 11.4. The molecule has 0 fully saturated rings. The maximum atomic E-state index is 10.3. The van der Waals surface area contributed by atoms with Crippen LogP contribution in [0, 0.1) is 0 Å². The fraction of sp³-hybridized carbons (Fsp3) is 0.333. The standard InChI is InChI=1S/C12H10N2O2/c15-7-13-10-4-5-11-9(6-10)2-1-3-12(11)14-8-16/h1-3,10H,4-6H2. The fourth-order valence-electron chi connectivity index (χ4n) is 2.11. The van der Waals surface area contributed by atoms with E-state index < -0.39 is 0 Å². The van der Waals surface area contributed by atoms with Gasteiger partial charge in [0, 0.05) is 0 Å². The number of rotatable bonds is 2. The van der Waals surface area contributed by atoms with Crippen molar-refractivity contribution in [1.29, 1.82) is 0 Å². The van der Waals surface area contributed by atoms with Gasteiger partial charge < -0.3 is 0 Å². The Kier molecular flexibility index (Phi) is 3.06. The molecule has 1 unspecified atom stereocenters. The van der Waals surface area contributed by atoms with E-state index in [9.17, 15) is 9.59 Å². The summed E-state index contributed by atoms with van der Waals surface area (Å²) in [5.41, 5.74) is 2.86.